The van der Waals surface area contributed by atoms with Gasteiger partial charge in [-0.25, -0.2) is 4.98 Å². The summed E-state index contributed by atoms with van der Waals surface area (Å²) in [5, 5.41) is 9.20. The molecule has 0 saturated heterocycles. The number of hydrogen-bond acceptors (Lipinski definition) is 3. The van der Waals surface area contributed by atoms with E-state index in [9.17, 15) is 10.1 Å². The van der Waals surface area contributed by atoms with Crippen molar-refractivity contribution < 1.29 is 4.79 Å². The van der Waals surface area contributed by atoms with Gasteiger partial charge in [0.05, 0.1) is 6.07 Å². The zero-order valence-electron chi connectivity index (χ0n) is 10.1. The highest BCUT2D eigenvalue weighted by molar-refractivity contribution is 5.98. The highest BCUT2D eigenvalue weighted by Gasteiger charge is 2.50. The fourth-order valence-electron chi connectivity index (χ4n) is 2.42. The van der Waals surface area contributed by atoms with Gasteiger partial charge in [0.25, 0.3) is 0 Å². The lowest BCUT2D eigenvalue weighted by atomic mass is 9.63. The van der Waals surface area contributed by atoms with Gasteiger partial charge < -0.3 is 0 Å². The van der Waals surface area contributed by atoms with Crippen LogP contribution in [0.2, 0.25) is 0 Å². The lowest BCUT2D eigenvalue weighted by Crippen LogP contribution is -2.49. The van der Waals surface area contributed by atoms with Gasteiger partial charge in [-0.1, -0.05) is 13.0 Å². The minimum absolute atomic E-state index is 0.142. The lowest BCUT2D eigenvalue weighted by molar-refractivity contribution is -0.130. The molecule has 1 aliphatic carbocycles. The Morgan fingerprint density at radius 3 is 2.76 bits per heavy atom. The third-order valence-corrected chi connectivity index (χ3v) is 3.31. The van der Waals surface area contributed by atoms with Crippen molar-refractivity contribution in [3.8, 4) is 6.07 Å². The molecule has 1 amide bonds. The zero-order chi connectivity index (χ0) is 12.5. The summed E-state index contributed by atoms with van der Waals surface area (Å²) in [5.41, 5.74) is -0.828. The van der Waals surface area contributed by atoms with Crippen LogP contribution >= 0.6 is 0 Å². The van der Waals surface area contributed by atoms with E-state index in [0.29, 0.717) is 24.6 Å². The first kappa shape index (κ1) is 11.6. The predicted octanol–water partition coefficient (Wildman–Crippen LogP) is 1.98. The van der Waals surface area contributed by atoms with E-state index in [1.807, 2.05) is 6.07 Å². The summed E-state index contributed by atoms with van der Waals surface area (Å²) in [5.74, 6) is 0.902. The van der Waals surface area contributed by atoms with Crippen LogP contribution in [0.4, 0.5) is 5.82 Å². The molecule has 1 heterocycles. The SMILES string of the molecule is CC1CC(C#N)(C(=O)N(C)c2ccccn2)C1. The number of aromatic nitrogens is 1. The minimum atomic E-state index is -0.828. The first-order valence-corrected chi connectivity index (χ1v) is 5.69. The molecule has 0 bridgehead atoms. The molecule has 17 heavy (non-hydrogen) atoms. The average molecular weight is 229 g/mol. The molecule has 1 aromatic rings. The van der Waals surface area contributed by atoms with Gasteiger partial charge in [0.15, 0.2) is 0 Å². The number of hydrogen-bond donors (Lipinski definition) is 0. The Bertz CT molecular complexity index is 457. The number of nitriles is 1. The molecule has 0 N–H and O–H groups in total. The van der Waals surface area contributed by atoms with Gasteiger partial charge in [0.2, 0.25) is 5.91 Å². The molecule has 1 aromatic heterocycles. The summed E-state index contributed by atoms with van der Waals surface area (Å²) in [6.07, 6.45) is 2.95. The summed E-state index contributed by atoms with van der Waals surface area (Å²) in [4.78, 5) is 17.9. The second-order valence-corrected chi connectivity index (χ2v) is 4.76. The highest BCUT2D eigenvalue weighted by atomic mass is 16.2. The second-order valence-electron chi connectivity index (χ2n) is 4.76. The van der Waals surface area contributed by atoms with Crippen LogP contribution in [0.15, 0.2) is 24.4 Å². The summed E-state index contributed by atoms with van der Waals surface area (Å²) in [6.45, 7) is 2.06. The van der Waals surface area contributed by atoms with Gasteiger partial charge in [0.1, 0.15) is 11.2 Å². The van der Waals surface area contributed by atoms with E-state index in [4.69, 9.17) is 0 Å². The first-order chi connectivity index (χ1) is 8.09. The number of amides is 1. The topological polar surface area (TPSA) is 57.0 Å². The Balaban J connectivity index is 2.19. The maximum absolute atomic E-state index is 12.3. The Morgan fingerprint density at radius 2 is 2.29 bits per heavy atom. The molecule has 4 nitrogen and oxygen atoms in total. The Labute approximate surface area is 101 Å². The third-order valence-electron chi connectivity index (χ3n) is 3.31. The smallest absolute Gasteiger partial charge is 0.248 e. The fourth-order valence-corrected chi connectivity index (χ4v) is 2.42. The van der Waals surface area contributed by atoms with Crippen LogP contribution in [0.5, 0.6) is 0 Å². The van der Waals surface area contributed by atoms with E-state index in [-0.39, 0.29) is 5.91 Å². The standard InChI is InChI=1S/C13H15N3O/c1-10-7-13(8-10,9-14)12(17)16(2)11-5-3-4-6-15-11/h3-6,10H,7-8H2,1-2H3. The van der Waals surface area contributed by atoms with Crippen LogP contribution in [0.3, 0.4) is 0 Å². The molecule has 0 unspecified atom stereocenters. The fraction of sp³-hybridized carbons (Fsp3) is 0.462. The molecule has 0 aliphatic heterocycles. The highest BCUT2D eigenvalue weighted by Crippen LogP contribution is 2.46. The van der Waals surface area contributed by atoms with Crippen LogP contribution in [0.1, 0.15) is 19.8 Å². The number of anilines is 1. The zero-order valence-corrected chi connectivity index (χ0v) is 10.1. The number of carbonyl (C=O) groups excluding carboxylic acids is 1. The van der Waals surface area contributed by atoms with Crippen molar-refractivity contribution in [2.45, 2.75) is 19.8 Å². The molecule has 4 heteroatoms. The maximum atomic E-state index is 12.3. The van der Waals surface area contributed by atoms with Gasteiger partial charge in [0, 0.05) is 13.2 Å². The molecule has 1 fully saturated rings. The Kier molecular flexibility index (Phi) is 2.84. The van der Waals surface area contributed by atoms with Crippen LogP contribution < -0.4 is 4.90 Å². The number of carbonyl (C=O) groups is 1. The molecular weight excluding hydrogens is 214 g/mol. The molecule has 2 rings (SSSR count). The van der Waals surface area contributed by atoms with E-state index >= 15 is 0 Å². The summed E-state index contributed by atoms with van der Waals surface area (Å²) in [7, 11) is 1.67. The number of pyridine rings is 1. The molecule has 0 atom stereocenters. The molecule has 0 radical (unpaired) electrons. The largest absolute Gasteiger partial charge is 0.299 e. The van der Waals surface area contributed by atoms with Crippen molar-refractivity contribution in [1.82, 2.24) is 4.98 Å². The van der Waals surface area contributed by atoms with Gasteiger partial charge in [-0.15, -0.1) is 0 Å². The van der Waals surface area contributed by atoms with Gasteiger partial charge in [-0.2, -0.15) is 5.26 Å². The molecule has 88 valence electrons. The van der Waals surface area contributed by atoms with Gasteiger partial charge >= 0.3 is 0 Å². The molecule has 1 saturated carbocycles. The summed E-state index contributed by atoms with van der Waals surface area (Å²) >= 11 is 0. The number of nitrogens with zero attached hydrogens (tertiary/aromatic N) is 3. The van der Waals surface area contributed by atoms with Crippen LogP contribution in [-0.4, -0.2) is 17.9 Å². The molecular formula is C13H15N3O. The minimum Gasteiger partial charge on any atom is -0.299 e. The average Bonchev–Trinajstić information content (AvgIpc) is 2.34. The van der Waals surface area contributed by atoms with E-state index in [1.54, 1.807) is 25.4 Å². The van der Waals surface area contributed by atoms with E-state index in [0.717, 1.165) is 0 Å². The van der Waals surface area contributed by atoms with Crippen molar-refractivity contribution in [2.24, 2.45) is 11.3 Å². The van der Waals surface area contributed by atoms with E-state index in [1.165, 1.54) is 4.90 Å². The Morgan fingerprint density at radius 1 is 1.59 bits per heavy atom. The monoisotopic (exact) mass is 229 g/mol. The van der Waals surface area contributed by atoms with E-state index < -0.39 is 5.41 Å². The molecule has 0 spiro atoms. The third kappa shape index (κ3) is 1.89. The lowest BCUT2D eigenvalue weighted by Gasteiger charge is -2.41. The summed E-state index contributed by atoms with van der Waals surface area (Å²) < 4.78 is 0. The van der Waals surface area contributed by atoms with Crippen LogP contribution in [-0.2, 0) is 4.79 Å². The van der Waals surface area contributed by atoms with Crippen LogP contribution in [0, 0.1) is 22.7 Å². The van der Waals surface area contributed by atoms with Crippen LogP contribution in [0.25, 0.3) is 0 Å². The first-order valence-electron chi connectivity index (χ1n) is 5.69. The van der Waals surface area contributed by atoms with Crippen molar-refractivity contribution >= 4 is 11.7 Å². The van der Waals surface area contributed by atoms with Crippen molar-refractivity contribution in [3.05, 3.63) is 24.4 Å². The van der Waals surface area contributed by atoms with Crippen molar-refractivity contribution in [3.63, 3.8) is 0 Å². The summed E-state index contributed by atoms with van der Waals surface area (Å²) in [6, 6.07) is 7.57. The van der Waals surface area contributed by atoms with E-state index in [2.05, 4.69) is 18.0 Å². The molecule has 0 aromatic carbocycles. The predicted molar refractivity (Wildman–Crippen MR) is 64.1 cm³/mol. The quantitative estimate of drug-likeness (QED) is 0.779. The van der Waals surface area contributed by atoms with Crippen molar-refractivity contribution in [1.29, 1.82) is 5.26 Å². The Hall–Kier alpha value is -1.89. The molecule has 1 aliphatic rings. The van der Waals surface area contributed by atoms with Gasteiger partial charge in [-0.05, 0) is 30.9 Å². The normalized spacial score (nSPS) is 26.8. The van der Waals surface area contributed by atoms with Crippen molar-refractivity contribution in [2.75, 3.05) is 11.9 Å². The van der Waals surface area contributed by atoms with Gasteiger partial charge in [-0.3, -0.25) is 9.69 Å². The maximum Gasteiger partial charge on any atom is 0.248 e. The second kappa shape index (κ2) is 4.17. The number of rotatable bonds is 2.